The van der Waals surface area contributed by atoms with Gasteiger partial charge in [0.15, 0.2) is 6.61 Å². The number of hydrogen-bond acceptors (Lipinski definition) is 5. The van der Waals surface area contributed by atoms with Crippen LogP contribution in [0.4, 0.5) is 5.69 Å². The molecule has 2 amide bonds. The Hall–Kier alpha value is -2.02. The van der Waals surface area contributed by atoms with Crippen LogP contribution >= 0.6 is 11.8 Å². The predicted molar refractivity (Wildman–Crippen MR) is 79.4 cm³/mol. The molecule has 0 saturated heterocycles. The molecule has 0 aliphatic carbocycles. The van der Waals surface area contributed by atoms with Crippen molar-refractivity contribution in [2.75, 3.05) is 18.5 Å². The van der Waals surface area contributed by atoms with E-state index in [-0.39, 0.29) is 23.7 Å². The number of thioether (sulfide) groups is 1. The SMILES string of the molecule is CCNC(=O)COC(=O)c1ccc2c(c1)NC(=O)C(C)S2. The summed E-state index contributed by atoms with van der Waals surface area (Å²) in [5.74, 6) is -1.04. The van der Waals surface area contributed by atoms with Crippen molar-refractivity contribution in [3.8, 4) is 0 Å². The fourth-order valence-corrected chi connectivity index (χ4v) is 2.73. The van der Waals surface area contributed by atoms with Gasteiger partial charge in [-0.2, -0.15) is 0 Å². The highest BCUT2D eigenvalue weighted by Crippen LogP contribution is 2.35. The van der Waals surface area contributed by atoms with Crippen LogP contribution in [0.25, 0.3) is 0 Å². The first kappa shape index (κ1) is 15.4. The third-order valence-corrected chi connectivity index (χ3v) is 4.03. The third kappa shape index (κ3) is 3.75. The Bertz CT molecular complexity index is 588. The van der Waals surface area contributed by atoms with E-state index < -0.39 is 5.97 Å². The van der Waals surface area contributed by atoms with E-state index in [2.05, 4.69) is 10.6 Å². The number of rotatable bonds is 4. The van der Waals surface area contributed by atoms with Crippen molar-refractivity contribution >= 4 is 35.2 Å². The predicted octanol–water partition coefficient (Wildman–Crippen LogP) is 1.41. The first-order chi connectivity index (χ1) is 10.0. The fourth-order valence-electron chi connectivity index (χ4n) is 1.80. The zero-order chi connectivity index (χ0) is 15.4. The zero-order valence-electron chi connectivity index (χ0n) is 11.8. The molecule has 0 fully saturated rings. The Balaban J connectivity index is 2.05. The molecule has 1 aliphatic rings. The molecule has 1 heterocycles. The average Bonchev–Trinajstić information content (AvgIpc) is 2.46. The molecule has 1 aromatic rings. The molecule has 112 valence electrons. The van der Waals surface area contributed by atoms with Crippen LogP contribution in [0, 0.1) is 0 Å². The summed E-state index contributed by atoms with van der Waals surface area (Å²) in [6.45, 7) is 3.76. The molecule has 21 heavy (non-hydrogen) atoms. The lowest BCUT2D eigenvalue weighted by atomic mass is 10.2. The number of nitrogens with one attached hydrogen (secondary N) is 2. The highest BCUT2D eigenvalue weighted by Gasteiger charge is 2.24. The number of anilines is 1. The molecule has 2 rings (SSSR count). The smallest absolute Gasteiger partial charge is 0.338 e. The summed E-state index contributed by atoms with van der Waals surface area (Å²) in [4.78, 5) is 35.6. The van der Waals surface area contributed by atoms with Crippen LogP contribution in [0.15, 0.2) is 23.1 Å². The number of benzene rings is 1. The summed E-state index contributed by atoms with van der Waals surface area (Å²) in [7, 11) is 0. The number of ether oxygens (including phenoxy) is 1. The van der Waals surface area contributed by atoms with E-state index in [4.69, 9.17) is 4.74 Å². The van der Waals surface area contributed by atoms with Crippen LogP contribution in [-0.2, 0) is 14.3 Å². The molecule has 0 bridgehead atoms. The summed E-state index contributed by atoms with van der Waals surface area (Å²) in [5.41, 5.74) is 0.893. The molecule has 0 spiro atoms. The van der Waals surface area contributed by atoms with E-state index in [0.717, 1.165) is 4.90 Å². The molecule has 6 nitrogen and oxygen atoms in total. The molecule has 2 N–H and O–H groups in total. The van der Waals surface area contributed by atoms with Gasteiger partial charge in [0.2, 0.25) is 5.91 Å². The Morgan fingerprint density at radius 3 is 2.90 bits per heavy atom. The average molecular weight is 308 g/mol. The normalized spacial score (nSPS) is 16.7. The Kier molecular flexibility index (Phi) is 4.85. The molecule has 0 radical (unpaired) electrons. The van der Waals surface area contributed by atoms with Gasteiger partial charge in [0, 0.05) is 11.4 Å². The van der Waals surface area contributed by atoms with Crippen molar-refractivity contribution < 1.29 is 19.1 Å². The van der Waals surface area contributed by atoms with Gasteiger partial charge in [-0.25, -0.2) is 4.79 Å². The fraction of sp³-hybridized carbons (Fsp3) is 0.357. The number of carbonyl (C=O) groups is 3. The van der Waals surface area contributed by atoms with Crippen molar-refractivity contribution in [2.45, 2.75) is 24.0 Å². The van der Waals surface area contributed by atoms with Crippen LogP contribution in [0.5, 0.6) is 0 Å². The Morgan fingerprint density at radius 2 is 2.19 bits per heavy atom. The number of esters is 1. The van der Waals surface area contributed by atoms with E-state index >= 15 is 0 Å². The second kappa shape index (κ2) is 6.62. The van der Waals surface area contributed by atoms with Crippen LogP contribution in [0.2, 0.25) is 0 Å². The molecular weight excluding hydrogens is 292 g/mol. The van der Waals surface area contributed by atoms with E-state index in [1.165, 1.54) is 11.8 Å². The lowest BCUT2D eigenvalue weighted by molar-refractivity contribution is -0.124. The monoisotopic (exact) mass is 308 g/mol. The van der Waals surface area contributed by atoms with Crippen molar-refractivity contribution in [3.05, 3.63) is 23.8 Å². The van der Waals surface area contributed by atoms with E-state index in [0.29, 0.717) is 17.8 Å². The highest BCUT2D eigenvalue weighted by molar-refractivity contribution is 8.00. The lowest BCUT2D eigenvalue weighted by Crippen LogP contribution is -2.28. The topological polar surface area (TPSA) is 84.5 Å². The number of fused-ring (bicyclic) bond motifs is 1. The second-order valence-electron chi connectivity index (χ2n) is 4.49. The number of carbonyl (C=O) groups excluding carboxylic acids is 3. The van der Waals surface area contributed by atoms with Crippen LogP contribution < -0.4 is 10.6 Å². The first-order valence-corrected chi connectivity index (χ1v) is 7.44. The van der Waals surface area contributed by atoms with Crippen molar-refractivity contribution in [2.24, 2.45) is 0 Å². The minimum absolute atomic E-state index is 0.0969. The van der Waals surface area contributed by atoms with Gasteiger partial charge >= 0.3 is 5.97 Å². The highest BCUT2D eigenvalue weighted by atomic mass is 32.2. The van der Waals surface area contributed by atoms with Crippen LogP contribution in [0.3, 0.4) is 0 Å². The number of likely N-dealkylation sites (N-methyl/N-ethyl adjacent to an activating group) is 1. The summed E-state index contributed by atoms with van der Waals surface area (Å²) in [6.07, 6.45) is 0. The molecule has 0 saturated carbocycles. The number of amides is 2. The van der Waals surface area contributed by atoms with Gasteiger partial charge in [-0.15, -0.1) is 11.8 Å². The van der Waals surface area contributed by atoms with Gasteiger partial charge in [-0.05, 0) is 32.0 Å². The maximum absolute atomic E-state index is 11.9. The van der Waals surface area contributed by atoms with E-state index in [1.807, 2.05) is 6.92 Å². The Labute approximate surface area is 126 Å². The van der Waals surface area contributed by atoms with Crippen LogP contribution in [0.1, 0.15) is 24.2 Å². The lowest BCUT2D eigenvalue weighted by Gasteiger charge is -2.21. The van der Waals surface area contributed by atoms with Gasteiger partial charge in [0.1, 0.15) is 0 Å². The van der Waals surface area contributed by atoms with Crippen molar-refractivity contribution in [1.29, 1.82) is 0 Å². The largest absolute Gasteiger partial charge is 0.452 e. The van der Waals surface area contributed by atoms with Crippen LogP contribution in [-0.4, -0.2) is 36.2 Å². The zero-order valence-corrected chi connectivity index (χ0v) is 12.6. The minimum atomic E-state index is -0.595. The second-order valence-corrected chi connectivity index (χ2v) is 5.87. The van der Waals surface area contributed by atoms with Crippen molar-refractivity contribution in [3.63, 3.8) is 0 Å². The first-order valence-electron chi connectivity index (χ1n) is 6.56. The Morgan fingerprint density at radius 1 is 1.43 bits per heavy atom. The van der Waals surface area contributed by atoms with Gasteiger partial charge in [-0.1, -0.05) is 0 Å². The summed E-state index contributed by atoms with van der Waals surface area (Å²) in [6, 6.07) is 4.95. The van der Waals surface area contributed by atoms with Gasteiger partial charge in [0.05, 0.1) is 16.5 Å². The van der Waals surface area contributed by atoms with E-state index in [1.54, 1.807) is 25.1 Å². The molecule has 1 atom stereocenters. The van der Waals surface area contributed by atoms with Gasteiger partial charge in [0.25, 0.3) is 5.91 Å². The molecule has 0 aromatic heterocycles. The minimum Gasteiger partial charge on any atom is -0.452 e. The van der Waals surface area contributed by atoms with E-state index in [9.17, 15) is 14.4 Å². The molecule has 1 aromatic carbocycles. The van der Waals surface area contributed by atoms with Gasteiger partial charge in [-0.3, -0.25) is 9.59 Å². The molecule has 7 heteroatoms. The molecule has 1 aliphatic heterocycles. The third-order valence-electron chi connectivity index (χ3n) is 2.85. The molecular formula is C14H16N2O4S. The molecule has 1 unspecified atom stereocenters. The number of hydrogen-bond donors (Lipinski definition) is 2. The quantitative estimate of drug-likeness (QED) is 0.822. The summed E-state index contributed by atoms with van der Waals surface area (Å²) in [5, 5.41) is 5.12. The maximum atomic E-state index is 11.9. The van der Waals surface area contributed by atoms with Gasteiger partial charge < -0.3 is 15.4 Å². The maximum Gasteiger partial charge on any atom is 0.338 e. The standard InChI is InChI=1S/C14H16N2O4S/c1-3-15-12(17)7-20-14(19)9-4-5-11-10(6-9)16-13(18)8(2)21-11/h4-6,8H,3,7H2,1-2H3,(H,15,17)(H,16,18). The summed E-state index contributed by atoms with van der Waals surface area (Å²) < 4.78 is 4.91. The summed E-state index contributed by atoms with van der Waals surface area (Å²) >= 11 is 1.44. The van der Waals surface area contributed by atoms with Crippen molar-refractivity contribution in [1.82, 2.24) is 5.32 Å².